The molecule has 0 saturated carbocycles. The molecule has 1 rings (SSSR count). The standard InChI is InChI=1S/C22H45NO5/c1-2-3-4-5-6-7-8-9-10-11-12-23-17-21(24)19-27-15-13-26-14-16-28-20-22(25)18-23/h21-22,24-25H,2-20H2,1H3. The fourth-order valence-electron chi connectivity index (χ4n) is 3.56. The first-order valence-electron chi connectivity index (χ1n) is 11.5. The zero-order valence-corrected chi connectivity index (χ0v) is 18.2. The van der Waals surface area contributed by atoms with Crippen LogP contribution in [-0.4, -0.2) is 86.6 Å². The van der Waals surface area contributed by atoms with Crippen LogP contribution in [0.25, 0.3) is 0 Å². The minimum Gasteiger partial charge on any atom is -0.389 e. The Labute approximate surface area is 172 Å². The van der Waals surface area contributed by atoms with Crippen LogP contribution in [0.4, 0.5) is 0 Å². The van der Waals surface area contributed by atoms with Crippen molar-refractivity contribution in [1.82, 2.24) is 4.90 Å². The minimum absolute atomic E-state index is 0.310. The van der Waals surface area contributed by atoms with E-state index in [1.54, 1.807) is 0 Å². The van der Waals surface area contributed by atoms with Gasteiger partial charge in [-0.2, -0.15) is 0 Å². The second-order valence-electron chi connectivity index (χ2n) is 8.01. The highest BCUT2D eigenvalue weighted by Gasteiger charge is 2.16. The van der Waals surface area contributed by atoms with Crippen molar-refractivity contribution in [1.29, 1.82) is 0 Å². The van der Waals surface area contributed by atoms with Crippen LogP contribution in [-0.2, 0) is 14.2 Å². The van der Waals surface area contributed by atoms with Crippen LogP contribution in [0.1, 0.15) is 71.1 Å². The fraction of sp³-hybridized carbons (Fsp3) is 1.00. The van der Waals surface area contributed by atoms with Gasteiger partial charge in [-0.05, 0) is 13.0 Å². The SMILES string of the molecule is CCCCCCCCCCCCN1CC(O)COCCOCCOCC(O)C1. The monoisotopic (exact) mass is 403 g/mol. The molecule has 6 heteroatoms. The van der Waals surface area contributed by atoms with Crippen molar-refractivity contribution >= 4 is 0 Å². The second-order valence-corrected chi connectivity index (χ2v) is 8.01. The molecular weight excluding hydrogens is 358 g/mol. The molecule has 0 aromatic heterocycles. The Morgan fingerprint density at radius 1 is 0.643 bits per heavy atom. The summed E-state index contributed by atoms with van der Waals surface area (Å²) in [5.41, 5.74) is 0. The number of aliphatic hydroxyl groups is 2. The molecular formula is C22H45NO5. The summed E-state index contributed by atoms with van der Waals surface area (Å²) in [6, 6.07) is 0. The molecule has 28 heavy (non-hydrogen) atoms. The van der Waals surface area contributed by atoms with Gasteiger partial charge in [0, 0.05) is 13.1 Å². The lowest BCUT2D eigenvalue weighted by molar-refractivity contribution is -0.0446. The summed E-state index contributed by atoms with van der Waals surface area (Å²) in [5.74, 6) is 0. The van der Waals surface area contributed by atoms with E-state index >= 15 is 0 Å². The van der Waals surface area contributed by atoms with E-state index < -0.39 is 12.2 Å². The number of unbranched alkanes of at least 4 members (excludes halogenated alkanes) is 9. The van der Waals surface area contributed by atoms with E-state index in [0.29, 0.717) is 52.7 Å². The maximum atomic E-state index is 10.2. The molecule has 1 aliphatic heterocycles. The number of hydrogen-bond acceptors (Lipinski definition) is 6. The van der Waals surface area contributed by atoms with Gasteiger partial charge < -0.3 is 24.4 Å². The average Bonchev–Trinajstić information content (AvgIpc) is 2.67. The Kier molecular flexibility index (Phi) is 17.3. The molecule has 2 unspecified atom stereocenters. The molecule has 0 aliphatic carbocycles. The highest BCUT2D eigenvalue weighted by atomic mass is 16.5. The normalized spacial score (nSPS) is 24.1. The third kappa shape index (κ3) is 15.7. The Balaban J connectivity index is 2.19. The Morgan fingerprint density at radius 3 is 1.57 bits per heavy atom. The molecule has 0 aromatic rings. The quantitative estimate of drug-likeness (QED) is 0.517. The minimum atomic E-state index is -0.542. The van der Waals surface area contributed by atoms with Gasteiger partial charge in [-0.1, -0.05) is 64.7 Å². The molecule has 6 nitrogen and oxygen atoms in total. The smallest absolute Gasteiger partial charge is 0.0900 e. The molecule has 2 N–H and O–H groups in total. The molecule has 168 valence electrons. The molecule has 2 atom stereocenters. The van der Waals surface area contributed by atoms with Gasteiger partial charge in [0.15, 0.2) is 0 Å². The van der Waals surface area contributed by atoms with Crippen molar-refractivity contribution in [3.05, 3.63) is 0 Å². The Morgan fingerprint density at radius 2 is 1.07 bits per heavy atom. The number of nitrogens with zero attached hydrogens (tertiary/aromatic N) is 1. The summed E-state index contributed by atoms with van der Waals surface area (Å²) in [6.45, 7) is 6.79. The van der Waals surface area contributed by atoms with Gasteiger partial charge in [-0.15, -0.1) is 0 Å². The molecule has 0 radical (unpaired) electrons. The second kappa shape index (κ2) is 18.8. The number of ether oxygens (including phenoxy) is 3. The molecule has 1 saturated heterocycles. The summed E-state index contributed by atoms with van der Waals surface area (Å²) >= 11 is 0. The van der Waals surface area contributed by atoms with Crippen molar-refractivity contribution in [2.75, 3.05) is 59.3 Å². The van der Waals surface area contributed by atoms with Crippen molar-refractivity contribution in [3.8, 4) is 0 Å². The topological polar surface area (TPSA) is 71.4 Å². The van der Waals surface area contributed by atoms with E-state index in [4.69, 9.17) is 14.2 Å². The third-order valence-electron chi connectivity index (χ3n) is 5.13. The van der Waals surface area contributed by atoms with Gasteiger partial charge in [-0.25, -0.2) is 0 Å². The highest BCUT2D eigenvalue weighted by Crippen LogP contribution is 2.11. The third-order valence-corrected chi connectivity index (χ3v) is 5.13. The zero-order valence-electron chi connectivity index (χ0n) is 18.2. The number of hydrogen-bond donors (Lipinski definition) is 2. The first-order valence-corrected chi connectivity index (χ1v) is 11.5. The van der Waals surface area contributed by atoms with Gasteiger partial charge in [0.25, 0.3) is 0 Å². The summed E-state index contributed by atoms with van der Waals surface area (Å²) in [5, 5.41) is 20.4. The Bertz CT molecular complexity index is 314. The molecule has 1 heterocycles. The van der Waals surface area contributed by atoms with Crippen molar-refractivity contribution in [2.24, 2.45) is 0 Å². The first-order chi connectivity index (χ1) is 13.7. The highest BCUT2D eigenvalue weighted by molar-refractivity contribution is 4.69. The van der Waals surface area contributed by atoms with Gasteiger partial charge in [0.05, 0.1) is 51.8 Å². The molecule has 0 bridgehead atoms. The Hall–Kier alpha value is -0.240. The predicted molar refractivity (Wildman–Crippen MR) is 113 cm³/mol. The van der Waals surface area contributed by atoms with Crippen LogP contribution in [0.2, 0.25) is 0 Å². The van der Waals surface area contributed by atoms with E-state index in [1.807, 2.05) is 0 Å². The molecule has 0 amide bonds. The van der Waals surface area contributed by atoms with Crippen LogP contribution in [0, 0.1) is 0 Å². The van der Waals surface area contributed by atoms with Crippen LogP contribution in [0.5, 0.6) is 0 Å². The summed E-state index contributed by atoms with van der Waals surface area (Å²) in [7, 11) is 0. The van der Waals surface area contributed by atoms with E-state index in [0.717, 1.165) is 13.0 Å². The zero-order chi connectivity index (χ0) is 20.3. The van der Waals surface area contributed by atoms with Crippen LogP contribution >= 0.6 is 0 Å². The van der Waals surface area contributed by atoms with Gasteiger partial charge in [-0.3, -0.25) is 4.90 Å². The lowest BCUT2D eigenvalue weighted by Gasteiger charge is -2.27. The van der Waals surface area contributed by atoms with Gasteiger partial charge >= 0.3 is 0 Å². The summed E-state index contributed by atoms with van der Waals surface area (Å²) in [4.78, 5) is 2.15. The lowest BCUT2D eigenvalue weighted by Crippen LogP contribution is -2.41. The van der Waals surface area contributed by atoms with Crippen molar-refractivity contribution < 1.29 is 24.4 Å². The van der Waals surface area contributed by atoms with Crippen LogP contribution in [0.15, 0.2) is 0 Å². The molecule has 0 spiro atoms. The predicted octanol–water partition coefficient (Wildman–Crippen LogP) is 2.99. The van der Waals surface area contributed by atoms with E-state index in [1.165, 1.54) is 57.8 Å². The van der Waals surface area contributed by atoms with Crippen molar-refractivity contribution in [2.45, 2.75) is 83.3 Å². The lowest BCUT2D eigenvalue weighted by atomic mass is 10.1. The molecule has 1 fully saturated rings. The summed E-state index contributed by atoms with van der Waals surface area (Å²) < 4.78 is 16.3. The van der Waals surface area contributed by atoms with E-state index in [9.17, 15) is 10.2 Å². The number of aliphatic hydroxyl groups excluding tert-OH is 2. The fourth-order valence-corrected chi connectivity index (χ4v) is 3.56. The maximum absolute atomic E-state index is 10.2. The number of β-amino-alcohol motifs (C(OH)–C–C–N with tert-alkyl or cyclic N) is 2. The van der Waals surface area contributed by atoms with E-state index in [2.05, 4.69) is 11.8 Å². The molecule has 0 aromatic carbocycles. The average molecular weight is 404 g/mol. The summed E-state index contributed by atoms with van der Waals surface area (Å²) in [6.07, 6.45) is 12.0. The largest absolute Gasteiger partial charge is 0.389 e. The van der Waals surface area contributed by atoms with Crippen molar-refractivity contribution in [3.63, 3.8) is 0 Å². The first kappa shape index (κ1) is 25.8. The van der Waals surface area contributed by atoms with E-state index in [-0.39, 0.29) is 0 Å². The van der Waals surface area contributed by atoms with Crippen LogP contribution in [0.3, 0.4) is 0 Å². The van der Waals surface area contributed by atoms with Gasteiger partial charge in [0.1, 0.15) is 0 Å². The van der Waals surface area contributed by atoms with Crippen LogP contribution < -0.4 is 0 Å². The molecule has 1 aliphatic rings. The van der Waals surface area contributed by atoms with Gasteiger partial charge in [0.2, 0.25) is 0 Å². The maximum Gasteiger partial charge on any atom is 0.0900 e. The number of rotatable bonds is 11.